The maximum atomic E-state index is 13.0. The average molecular weight is 313 g/mol. The van der Waals surface area contributed by atoms with Crippen LogP contribution in [0.15, 0.2) is 30.3 Å². The van der Waals surface area contributed by atoms with Crippen LogP contribution in [0.3, 0.4) is 0 Å². The zero-order valence-electron chi connectivity index (χ0n) is 12.4. The molecule has 0 saturated heterocycles. The quantitative estimate of drug-likeness (QED) is 0.756. The van der Waals surface area contributed by atoms with Crippen LogP contribution in [0.1, 0.15) is 19.4 Å². The van der Waals surface area contributed by atoms with Gasteiger partial charge in [0.1, 0.15) is 5.82 Å². The highest BCUT2D eigenvalue weighted by Gasteiger charge is 2.19. The molecule has 0 heterocycles. The van der Waals surface area contributed by atoms with Gasteiger partial charge in [-0.05, 0) is 30.7 Å². The molecule has 0 spiro atoms. The maximum Gasteiger partial charge on any atom is 0.246 e. The van der Waals surface area contributed by atoms with E-state index in [2.05, 4.69) is 0 Å². The fourth-order valence-electron chi connectivity index (χ4n) is 1.71. The van der Waals surface area contributed by atoms with Crippen LogP contribution in [0.25, 0.3) is 6.08 Å². The first-order valence-electron chi connectivity index (χ1n) is 6.66. The molecular weight excluding hydrogens is 293 g/mol. The van der Waals surface area contributed by atoms with Crippen molar-refractivity contribution in [2.24, 2.45) is 0 Å². The minimum absolute atomic E-state index is 0.0541. The lowest BCUT2D eigenvalue weighted by Gasteiger charge is -2.23. The smallest absolute Gasteiger partial charge is 0.246 e. The number of carbonyl (C=O) groups is 1. The number of hydrogen-bond acceptors (Lipinski definition) is 3. The number of rotatable bonds is 6. The number of amides is 1. The van der Waals surface area contributed by atoms with E-state index in [1.54, 1.807) is 33.0 Å². The van der Waals surface area contributed by atoms with E-state index in [4.69, 9.17) is 0 Å². The zero-order valence-corrected chi connectivity index (χ0v) is 13.2. The van der Waals surface area contributed by atoms with Gasteiger partial charge in [0, 0.05) is 24.9 Å². The molecule has 0 aromatic heterocycles. The number of sulfone groups is 1. The highest BCUT2D eigenvalue weighted by molar-refractivity contribution is 7.91. The molecular formula is C15H20FNO3S. The lowest BCUT2D eigenvalue weighted by atomic mass is 10.2. The van der Waals surface area contributed by atoms with E-state index < -0.39 is 15.9 Å². The Morgan fingerprint density at radius 2 is 2.10 bits per heavy atom. The normalized spacial score (nSPS) is 13.3. The highest BCUT2D eigenvalue weighted by Crippen LogP contribution is 2.07. The number of nitrogens with zero attached hydrogens (tertiary/aromatic N) is 1. The van der Waals surface area contributed by atoms with E-state index in [0.717, 1.165) is 0 Å². The number of halogens is 1. The van der Waals surface area contributed by atoms with E-state index in [0.29, 0.717) is 5.56 Å². The Kier molecular flexibility index (Phi) is 6.08. The molecule has 0 bridgehead atoms. The lowest BCUT2D eigenvalue weighted by molar-refractivity contribution is -0.126. The van der Waals surface area contributed by atoms with Crippen molar-refractivity contribution in [3.05, 3.63) is 41.7 Å². The lowest BCUT2D eigenvalue weighted by Crippen LogP contribution is -2.38. The Bertz CT molecular complexity index is 626. The van der Waals surface area contributed by atoms with Crippen LogP contribution < -0.4 is 0 Å². The predicted molar refractivity (Wildman–Crippen MR) is 82.0 cm³/mol. The largest absolute Gasteiger partial charge is 0.338 e. The third kappa shape index (κ3) is 5.67. The monoisotopic (exact) mass is 313 g/mol. The minimum atomic E-state index is -3.14. The maximum absolute atomic E-state index is 13.0. The second-order valence-electron chi connectivity index (χ2n) is 4.89. The van der Waals surface area contributed by atoms with Gasteiger partial charge in [-0.3, -0.25) is 4.79 Å². The SMILES string of the molecule is CCS(=O)(=O)CC(C)N(C)C(=O)/C=C/c1cccc(F)c1. The van der Waals surface area contributed by atoms with E-state index >= 15 is 0 Å². The van der Waals surface area contributed by atoms with Crippen LogP contribution in [0.2, 0.25) is 0 Å². The van der Waals surface area contributed by atoms with Gasteiger partial charge in [0.15, 0.2) is 9.84 Å². The molecule has 1 atom stereocenters. The number of likely N-dealkylation sites (N-methyl/N-ethyl adjacent to an activating group) is 1. The van der Waals surface area contributed by atoms with Gasteiger partial charge in [0.25, 0.3) is 0 Å². The van der Waals surface area contributed by atoms with Crippen molar-refractivity contribution < 1.29 is 17.6 Å². The van der Waals surface area contributed by atoms with E-state index in [9.17, 15) is 17.6 Å². The first kappa shape index (κ1) is 17.4. The molecule has 0 saturated carbocycles. The molecule has 1 amide bonds. The second-order valence-corrected chi connectivity index (χ2v) is 7.28. The third-order valence-corrected chi connectivity index (χ3v) is 5.08. The van der Waals surface area contributed by atoms with Gasteiger partial charge >= 0.3 is 0 Å². The van der Waals surface area contributed by atoms with E-state index in [-0.39, 0.29) is 23.2 Å². The van der Waals surface area contributed by atoms with Crippen LogP contribution in [0, 0.1) is 5.82 Å². The van der Waals surface area contributed by atoms with Crippen molar-refractivity contribution in [2.75, 3.05) is 18.6 Å². The van der Waals surface area contributed by atoms with Gasteiger partial charge < -0.3 is 4.90 Å². The van der Waals surface area contributed by atoms with Crippen LogP contribution in [-0.2, 0) is 14.6 Å². The second kappa shape index (κ2) is 7.36. The number of hydrogen-bond donors (Lipinski definition) is 0. The van der Waals surface area contributed by atoms with E-state index in [1.807, 2.05) is 0 Å². The summed E-state index contributed by atoms with van der Waals surface area (Å²) in [7, 11) is -1.59. The summed E-state index contributed by atoms with van der Waals surface area (Å²) in [6.45, 7) is 3.26. The average Bonchev–Trinajstić information content (AvgIpc) is 2.43. The zero-order chi connectivity index (χ0) is 16.0. The summed E-state index contributed by atoms with van der Waals surface area (Å²) in [5.41, 5.74) is 0.575. The van der Waals surface area contributed by atoms with Gasteiger partial charge in [-0.2, -0.15) is 0 Å². The van der Waals surface area contributed by atoms with Crippen molar-refractivity contribution in [3.63, 3.8) is 0 Å². The molecule has 0 fully saturated rings. The van der Waals surface area contributed by atoms with Gasteiger partial charge in [-0.15, -0.1) is 0 Å². The highest BCUT2D eigenvalue weighted by atomic mass is 32.2. The first-order valence-corrected chi connectivity index (χ1v) is 8.48. The van der Waals surface area contributed by atoms with Crippen molar-refractivity contribution in [1.29, 1.82) is 0 Å². The van der Waals surface area contributed by atoms with Crippen molar-refractivity contribution in [3.8, 4) is 0 Å². The number of carbonyl (C=O) groups excluding carboxylic acids is 1. The Hall–Kier alpha value is -1.69. The molecule has 0 N–H and O–H groups in total. The molecule has 4 nitrogen and oxygen atoms in total. The summed E-state index contributed by atoms with van der Waals surface area (Å²) in [6, 6.07) is 5.45. The van der Waals surface area contributed by atoms with Gasteiger partial charge in [-0.25, -0.2) is 12.8 Å². The van der Waals surface area contributed by atoms with Crippen LogP contribution in [0.4, 0.5) is 4.39 Å². The van der Waals surface area contributed by atoms with Crippen LogP contribution in [-0.4, -0.2) is 43.8 Å². The van der Waals surface area contributed by atoms with Crippen molar-refractivity contribution in [1.82, 2.24) is 4.90 Å². The predicted octanol–water partition coefficient (Wildman–Crippen LogP) is 2.12. The first-order chi connectivity index (χ1) is 9.75. The molecule has 6 heteroatoms. The molecule has 0 aliphatic heterocycles. The van der Waals surface area contributed by atoms with Gasteiger partial charge in [0.05, 0.1) is 5.75 Å². The Balaban J connectivity index is 2.70. The summed E-state index contributed by atoms with van der Waals surface area (Å²) in [6.07, 6.45) is 2.81. The molecule has 116 valence electrons. The molecule has 0 aliphatic carbocycles. The van der Waals surface area contributed by atoms with Crippen molar-refractivity contribution >= 4 is 21.8 Å². The molecule has 1 aromatic rings. The summed E-state index contributed by atoms with van der Waals surface area (Å²) < 4.78 is 36.1. The number of benzene rings is 1. The summed E-state index contributed by atoms with van der Waals surface area (Å²) in [4.78, 5) is 13.3. The summed E-state index contributed by atoms with van der Waals surface area (Å²) in [5.74, 6) is -0.712. The standard InChI is InChI=1S/C15H20FNO3S/c1-4-21(19,20)11-12(2)17(3)15(18)9-8-13-6-5-7-14(16)10-13/h5-10,12H,4,11H2,1-3H3/b9-8+. The minimum Gasteiger partial charge on any atom is -0.338 e. The van der Waals surface area contributed by atoms with Gasteiger partial charge in [-0.1, -0.05) is 19.1 Å². The fraction of sp³-hybridized carbons (Fsp3) is 0.400. The summed E-state index contributed by atoms with van der Waals surface area (Å²) >= 11 is 0. The van der Waals surface area contributed by atoms with Crippen molar-refractivity contribution in [2.45, 2.75) is 19.9 Å². The van der Waals surface area contributed by atoms with Gasteiger partial charge in [0.2, 0.25) is 5.91 Å². The molecule has 1 unspecified atom stereocenters. The van der Waals surface area contributed by atoms with E-state index in [1.165, 1.54) is 29.2 Å². The Morgan fingerprint density at radius 1 is 1.43 bits per heavy atom. The topological polar surface area (TPSA) is 54.5 Å². The Labute approximate surface area is 125 Å². The molecule has 21 heavy (non-hydrogen) atoms. The third-order valence-electron chi connectivity index (χ3n) is 3.21. The summed E-state index contributed by atoms with van der Waals surface area (Å²) in [5, 5.41) is 0. The molecule has 1 aromatic carbocycles. The van der Waals surface area contributed by atoms with Crippen LogP contribution >= 0.6 is 0 Å². The molecule has 1 rings (SSSR count). The van der Waals surface area contributed by atoms with Crippen LogP contribution in [0.5, 0.6) is 0 Å². The fourth-order valence-corrected chi connectivity index (χ4v) is 2.90. The molecule has 0 radical (unpaired) electrons. The Morgan fingerprint density at radius 3 is 2.67 bits per heavy atom. The molecule has 0 aliphatic rings.